The van der Waals surface area contributed by atoms with Gasteiger partial charge in [0.25, 0.3) is 0 Å². The Morgan fingerprint density at radius 1 is 1.25 bits per heavy atom. The largest absolute Gasteiger partial charge is 0.395 e. The molecule has 0 aromatic heterocycles. The summed E-state index contributed by atoms with van der Waals surface area (Å²) in [6.07, 6.45) is 1.99. The highest BCUT2D eigenvalue weighted by Crippen LogP contribution is 2.14. The van der Waals surface area contributed by atoms with E-state index in [9.17, 15) is 9.90 Å². The van der Waals surface area contributed by atoms with Gasteiger partial charge >= 0.3 is 0 Å². The van der Waals surface area contributed by atoms with Crippen LogP contribution in [0.5, 0.6) is 0 Å². The summed E-state index contributed by atoms with van der Waals surface area (Å²) in [6, 6.07) is 6.34. The Balaban J connectivity index is 2.87. The molecular formula is C17H27NO2. The fourth-order valence-corrected chi connectivity index (χ4v) is 2.63. The van der Waals surface area contributed by atoms with E-state index in [4.69, 9.17) is 0 Å². The fourth-order valence-electron chi connectivity index (χ4n) is 2.63. The SMILES string of the molecule is CCC(CC)N(CCO)CC(=O)c1cc(C)ccc1C. The quantitative estimate of drug-likeness (QED) is 0.743. The summed E-state index contributed by atoms with van der Waals surface area (Å²) < 4.78 is 0. The van der Waals surface area contributed by atoms with Gasteiger partial charge < -0.3 is 5.11 Å². The molecule has 0 atom stereocenters. The Morgan fingerprint density at radius 2 is 1.90 bits per heavy atom. The highest BCUT2D eigenvalue weighted by Gasteiger charge is 2.19. The number of rotatable bonds is 8. The molecule has 1 rings (SSSR count). The number of hydrogen-bond donors (Lipinski definition) is 1. The molecular weight excluding hydrogens is 250 g/mol. The average molecular weight is 277 g/mol. The molecule has 0 fully saturated rings. The molecule has 0 radical (unpaired) electrons. The van der Waals surface area contributed by atoms with E-state index in [0.717, 1.165) is 29.5 Å². The van der Waals surface area contributed by atoms with Crippen LogP contribution in [0.2, 0.25) is 0 Å². The molecule has 0 bridgehead atoms. The summed E-state index contributed by atoms with van der Waals surface area (Å²) in [5, 5.41) is 9.21. The second-order valence-electron chi connectivity index (χ2n) is 5.41. The van der Waals surface area contributed by atoms with Gasteiger partial charge in [-0.3, -0.25) is 9.69 Å². The van der Waals surface area contributed by atoms with E-state index in [1.54, 1.807) is 0 Å². The van der Waals surface area contributed by atoms with Gasteiger partial charge in [-0.15, -0.1) is 0 Å². The first-order valence-electron chi connectivity index (χ1n) is 7.48. The highest BCUT2D eigenvalue weighted by atomic mass is 16.3. The molecule has 0 unspecified atom stereocenters. The van der Waals surface area contributed by atoms with Crippen molar-refractivity contribution in [2.24, 2.45) is 0 Å². The van der Waals surface area contributed by atoms with Crippen molar-refractivity contribution < 1.29 is 9.90 Å². The smallest absolute Gasteiger partial charge is 0.177 e. The van der Waals surface area contributed by atoms with E-state index in [2.05, 4.69) is 18.7 Å². The van der Waals surface area contributed by atoms with Gasteiger partial charge in [0.15, 0.2) is 5.78 Å². The van der Waals surface area contributed by atoms with Crippen LogP contribution in [0.15, 0.2) is 18.2 Å². The third-order valence-corrected chi connectivity index (χ3v) is 3.89. The molecule has 1 N–H and O–H groups in total. The lowest BCUT2D eigenvalue weighted by molar-refractivity contribution is 0.0849. The second-order valence-corrected chi connectivity index (χ2v) is 5.41. The maximum atomic E-state index is 12.5. The minimum absolute atomic E-state index is 0.0938. The zero-order valence-electron chi connectivity index (χ0n) is 13.1. The third-order valence-electron chi connectivity index (χ3n) is 3.89. The van der Waals surface area contributed by atoms with Crippen LogP contribution in [0.3, 0.4) is 0 Å². The molecule has 0 heterocycles. The summed E-state index contributed by atoms with van der Waals surface area (Å²) in [6.45, 7) is 9.27. The Morgan fingerprint density at radius 3 is 2.45 bits per heavy atom. The van der Waals surface area contributed by atoms with Gasteiger partial charge in [0.2, 0.25) is 0 Å². The lowest BCUT2D eigenvalue weighted by Gasteiger charge is -2.29. The number of aryl methyl sites for hydroxylation is 2. The standard InChI is InChI=1S/C17H27NO2/c1-5-15(6-2)18(9-10-19)12-17(20)16-11-13(3)7-8-14(16)4/h7-8,11,15,19H,5-6,9-10,12H2,1-4H3. The summed E-state index contributed by atoms with van der Waals surface area (Å²) in [5.41, 5.74) is 2.93. The number of Topliss-reactive ketones (excluding diaryl/α,β-unsaturated/α-hetero) is 1. The van der Waals surface area contributed by atoms with Gasteiger partial charge in [-0.1, -0.05) is 31.5 Å². The van der Waals surface area contributed by atoms with Gasteiger partial charge in [0.1, 0.15) is 0 Å². The molecule has 20 heavy (non-hydrogen) atoms. The molecule has 3 heteroatoms. The predicted octanol–water partition coefficient (Wildman–Crippen LogP) is 2.97. The van der Waals surface area contributed by atoms with Crippen molar-refractivity contribution in [1.29, 1.82) is 0 Å². The van der Waals surface area contributed by atoms with Crippen LogP contribution in [-0.2, 0) is 0 Å². The topological polar surface area (TPSA) is 40.5 Å². The number of hydrogen-bond acceptors (Lipinski definition) is 3. The number of aliphatic hydroxyl groups is 1. The number of carbonyl (C=O) groups is 1. The Hall–Kier alpha value is -1.19. The van der Waals surface area contributed by atoms with Crippen molar-refractivity contribution in [2.75, 3.05) is 19.7 Å². The molecule has 0 amide bonds. The monoisotopic (exact) mass is 277 g/mol. The fraction of sp³-hybridized carbons (Fsp3) is 0.588. The van der Waals surface area contributed by atoms with Gasteiger partial charge in [0, 0.05) is 18.2 Å². The maximum Gasteiger partial charge on any atom is 0.177 e. The zero-order valence-corrected chi connectivity index (χ0v) is 13.1. The highest BCUT2D eigenvalue weighted by molar-refractivity contribution is 5.99. The Kier molecular flexibility index (Phi) is 6.89. The van der Waals surface area contributed by atoms with E-state index < -0.39 is 0 Å². The lowest BCUT2D eigenvalue weighted by atomic mass is 10.0. The third kappa shape index (κ3) is 4.43. The Bertz CT molecular complexity index is 439. The zero-order chi connectivity index (χ0) is 15.1. The summed E-state index contributed by atoms with van der Waals surface area (Å²) >= 11 is 0. The van der Waals surface area contributed by atoms with Crippen LogP contribution < -0.4 is 0 Å². The van der Waals surface area contributed by atoms with Gasteiger partial charge in [0.05, 0.1) is 13.2 Å². The molecule has 112 valence electrons. The first kappa shape index (κ1) is 16.9. The van der Waals surface area contributed by atoms with E-state index >= 15 is 0 Å². The predicted molar refractivity (Wildman–Crippen MR) is 83.3 cm³/mol. The molecule has 0 aliphatic heterocycles. The maximum absolute atomic E-state index is 12.5. The first-order valence-corrected chi connectivity index (χ1v) is 7.48. The number of carbonyl (C=O) groups excluding carboxylic acids is 1. The van der Waals surface area contributed by atoms with E-state index in [0.29, 0.717) is 19.1 Å². The van der Waals surface area contributed by atoms with Crippen molar-refractivity contribution >= 4 is 5.78 Å². The van der Waals surface area contributed by atoms with Crippen LogP contribution in [0.4, 0.5) is 0 Å². The van der Waals surface area contributed by atoms with Gasteiger partial charge in [-0.2, -0.15) is 0 Å². The van der Waals surface area contributed by atoms with Crippen molar-refractivity contribution in [2.45, 2.75) is 46.6 Å². The number of nitrogens with zero attached hydrogens (tertiary/aromatic N) is 1. The molecule has 3 nitrogen and oxygen atoms in total. The van der Waals surface area contributed by atoms with Crippen LogP contribution in [-0.4, -0.2) is 41.5 Å². The first-order chi connectivity index (χ1) is 9.53. The average Bonchev–Trinajstić information content (AvgIpc) is 2.43. The molecule has 0 aliphatic carbocycles. The molecule has 0 saturated carbocycles. The second kappa shape index (κ2) is 8.18. The molecule has 1 aromatic carbocycles. The normalized spacial score (nSPS) is 11.3. The molecule has 0 spiro atoms. The summed E-state index contributed by atoms with van der Waals surface area (Å²) in [7, 11) is 0. The molecule has 0 aliphatic rings. The van der Waals surface area contributed by atoms with Crippen molar-refractivity contribution in [3.05, 3.63) is 34.9 Å². The van der Waals surface area contributed by atoms with Crippen LogP contribution >= 0.6 is 0 Å². The molecule has 1 aromatic rings. The van der Waals surface area contributed by atoms with Gasteiger partial charge in [-0.25, -0.2) is 0 Å². The minimum Gasteiger partial charge on any atom is -0.395 e. The van der Waals surface area contributed by atoms with Crippen LogP contribution in [0.1, 0.15) is 48.2 Å². The van der Waals surface area contributed by atoms with Gasteiger partial charge in [-0.05, 0) is 38.3 Å². The van der Waals surface area contributed by atoms with Crippen molar-refractivity contribution in [3.8, 4) is 0 Å². The summed E-state index contributed by atoms with van der Waals surface area (Å²) in [4.78, 5) is 14.6. The summed E-state index contributed by atoms with van der Waals surface area (Å²) in [5.74, 6) is 0.145. The number of benzene rings is 1. The van der Waals surface area contributed by atoms with E-state index in [-0.39, 0.29) is 12.4 Å². The minimum atomic E-state index is 0.0938. The van der Waals surface area contributed by atoms with E-state index in [1.165, 1.54) is 0 Å². The number of aliphatic hydroxyl groups excluding tert-OH is 1. The lowest BCUT2D eigenvalue weighted by Crippen LogP contribution is -2.40. The van der Waals surface area contributed by atoms with Crippen molar-refractivity contribution in [1.82, 2.24) is 4.90 Å². The van der Waals surface area contributed by atoms with E-state index in [1.807, 2.05) is 32.0 Å². The Labute approximate surface area is 122 Å². The van der Waals surface area contributed by atoms with Crippen molar-refractivity contribution in [3.63, 3.8) is 0 Å². The molecule has 0 saturated heterocycles. The van der Waals surface area contributed by atoms with Crippen LogP contribution in [0.25, 0.3) is 0 Å². The number of ketones is 1. The van der Waals surface area contributed by atoms with Crippen LogP contribution in [0, 0.1) is 13.8 Å².